The molecule has 0 N–H and O–H groups in total. The number of nitrogens with zero attached hydrogens (tertiary/aromatic N) is 2. The van der Waals surface area contributed by atoms with E-state index in [-0.39, 0.29) is 11.9 Å². The summed E-state index contributed by atoms with van der Waals surface area (Å²) in [5, 5.41) is 10.3. The van der Waals surface area contributed by atoms with Gasteiger partial charge in [-0.2, -0.15) is 5.26 Å². The molecule has 1 amide bonds. The van der Waals surface area contributed by atoms with Gasteiger partial charge >= 0.3 is 0 Å². The fourth-order valence-corrected chi connectivity index (χ4v) is 4.76. The van der Waals surface area contributed by atoms with Crippen LogP contribution in [0.2, 0.25) is 10.0 Å². The minimum absolute atomic E-state index is 0.0280. The van der Waals surface area contributed by atoms with Gasteiger partial charge < -0.3 is 9.64 Å². The van der Waals surface area contributed by atoms with Crippen molar-refractivity contribution in [1.29, 1.82) is 5.26 Å². The molecule has 29 heavy (non-hydrogen) atoms. The number of halogens is 2. The first kappa shape index (κ1) is 22.0. The minimum Gasteiger partial charge on any atom is -0.381 e. The minimum atomic E-state index is -0.0280. The molecule has 152 valence electrons. The number of carbonyl (C=O) groups is 1. The first-order valence-corrected chi connectivity index (χ1v) is 11.2. The van der Waals surface area contributed by atoms with Crippen LogP contribution in [-0.2, 0) is 10.5 Å². The molecule has 1 aliphatic rings. The molecule has 1 heterocycles. The molecular formula is C22H22Cl2N2O2S. The molecule has 2 aromatic carbocycles. The van der Waals surface area contributed by atoms with Crippen molar-refractivity contribution >= 4 is 40.9 Å². The van der Waals surface area contributed by atoms with Crippen molar-refractivity contribution in [2.75, 3.05) is 19.8 Å². The molecule has 0 atom stereocenters. The van der Waals surface area contributed by atoms with Crippen molar-refractivity contribution in [3.05, 3.63) is 63.6 Å². The third-order valence-corrected chi connectivity index (χ3v) is 6.62. The average molecular weight is 449 g/mol. The Morgan fingerprint density at radius 1 is 1.21 bits per heavy atom. The van der Waals surface area contributed by atoms with E-state index in [4.69, 9.17) is 33.2 Å². The average Bonchev–Trinajstić information content (AvgIpc) is 2.75. The standard InChI is InChI=1S/C22H22Cl2N2O2S/c23-18-5-6-20(24)21(14-18)29-15-16-3-1-4-17(13-16)22(27)26(10-2-9-25)19-7-11-28-12-8-19/h1,3-6,13-14,19H,2,7-8,10-12,15H2. The summed E-state index contributed by atoms with van der Waals surface area (Å²) in [5.41, 5.74) is 1.67. The molecule has 0 radical (unpaired) electrons. The summed E-state index contributed by atoms with van der Waals surface area (Å²) in [6.45, 7) is 1.74. The van der Waals surface area contributed by atoms with Gasteiger partial charge in [-0.3, -0.25) is 4.79 Å². The van der Waals surface area contributed by atoms with Crippen molar-refractivity contribution in [3.8, 4) is 6.07 Å². The molecule has 0 saturated carbocycles. The lowest BCUT2D eigenvalue weighted by Crippen LogP contribution is -2.44. The smallest absolute Gasteiger partial charge is 0.254 e. The third-order valence-electron chi connectivity index (χ3n) is 4.82. The maximum absolute atomic E-state index is 13.2. The molecule has 0 aliphatic carbocycles. The van der Waals surface area contributed by atoms with Gasteiger partial charge in [0.15, 0.2) is 0 Å². The lowest BCUT2D eigenvalue weighted by molar-refractivity contribution is 0.0296. The first-order valence-electron chi connectivity index (χ1n) is 9.51. The van der Waals surface area contributed by atoms with E-state index >= 15 is 0 Å². The predicted octanol–water partition coefficient (Wildman–Crippen LogP) is 5.82. The van der Waals surface area contributed by atoms with Crippen LogP contribution in [0.4, 0.5) is 0 Å². The number of amides is 1. The molecule has 3 rings (SSSR count). The van der Waals surface area contributed by atoms with E-state index in [1.807, 2.05) is 35.2 Å². The Bertz CT molecular complexity index is 895. The van der Waals surface area contributed by atoms with Crippen LogP contribution in [0.25, 0.3) is 0 Å². The summed E-state index contributed by atoms with van der Waals surface area (Å²) < 4.78 is 5.43. The number of thioether (sulfide) groups is 1. The van der Waals surface area contributed by atoms with Gasteiger partial charge in [0.1, 0.15) is 0 Å². The van der Waals surface area contributed by atoms with Gasteiger partial charge in [-0.15, -0.1) is 11.8 Å². The van der Waals surface area contributed by atoms with E-state index in [0.29, 0.717) is 47.5 Å². The van der Waals surface area contributed by atoms with Crippen LogP contribution in [0.15, 0.2) is 47.4 Å². The maximum atomic E-state index is 13.2. The van der Waals surface area contributed by atoms with Crippen LogP contribution in [0.3, 0.4) is 0 Å². The summed E-state index contributed by atoms with van der Waals surface area (Å²) in [5.74, 6) is 0.649. The molecule has 1 saturated heterocycles. The molecule has 0 spiro atoms. The van der Waals surface area contributed by atoms with Crippen molar-refractivity contribution < 1.29 is 9.53 Å². The molecule has 0 unspecified atom stereocenters. The van der Waals surface area contributed by atoms with E-state index in [1.165, 1.54) is 0 Å². The van der Waals surface area contributed by atoms with Gasteiger partial charge in [0.05, 0.1) is 17.5 Å². The number of ether oxygens (including phenoxy) is 1. The topological polar surface area (TPSA) is 53.3 Å². The van der Waals surface area contributed by atoms with Crippen molar-refractivity contribution in [3.63, 3.8) is 0 Å². The number of benzene rings is 2. The molecule has 7 heteroatoms. The number of rotatable bonds is 7. The predicted molar refractivity (Wildman–Crippen MR) is 118 cm³/mol. The van der Waals surface area contributed by atoms with E-state index in [1.54, 1.807) is 23.9 Å². The normalized spacial score (nSPS) is 14.4. The van der Waals surface area contributed by atoms with E-state index < -0.39 is 0 Å². The Hall–Kier alpha value is -1.71. The van der Waals surface area contributed by atoms with Gasteiger partial charge in [0.25, 0.3) is 5.91 Å². The molecular weight excluding hydrogens is 427 g/mol. The summed E-state index contributed by atoms with van der Waals surface area (Å²) >= 11 is 13.9. The van der Waals surface area contributed by atoms with Gasteiger partial charge in [0.2, 0.25) is 0 Å². The highest BCUT2D eigenvalue weighted by Gasteiger charge is 2.26. The zero-order valence-corrected chi connectivity index (χ0v) is 18.3. The van der Waals surface area contributed by atoms with Crippen molar-refractivity contribution in [2.45, 2.75) is 36.0 Å². The Labute approximate surface area is 185 Å². The van der Waals surface area contributed by atoms with Gasteiger partial charge in [-0.25, -0.2) is 0 Å². The highest BCUT2D eigenvalue weighted by Crippen LogP contribution is 2.32. The lowest BCUT2D eigenvalue weighted by Gasteiger charge is -2.34. The monoisotopic (exact) mass is 448 g/mol. The zero-order chi connectivity index (χ0) is 20.6. The SMILES string of the molecule is N#CCCN(C(=O)c1cccc(CSc2cc(Cl)ccc2Cl)c1)C1CCOCC1. The molecule has 1 fully saturated rings. The number of carbonyl (C=O) groups excluding carboxylic acids is 1. The van der Waals surface area contributed by atoms with Crippen LogP contribution < -0.4 is 0 Å². The van der Waals surface area contributed by atoms with E-state index in [2.05, 4.69) is 6.07 Å². The van der Waals surface area contributed by atoms with Gasteiger partial charge in [-0.1, -0.05) is 35.3 Å². The summed E-state index contributed by atoms with van der Waals surface area (Å²) in [4.78, 5) is 16.0. The van der Waals surface area contributed by atoms with Crippen LogP contribution in [0.5, 0.6) is 0 Å². The van der Waals surface area contributed by atoms with E-state index in [0.717, 1.165) is 23.3 Å². The number of nitriles is 1. The molecule has 2 aromatic rings. The second-order valence-electron chi connectivity index (χ2n) is 6.81. The quantitative estimate of drug-likeness (QED) is 0.500. The summed E-state index contributed by atoms with van der Waals surface area (Å²) in [6, 6.07) is 15.3. The van der Waals surface area contributed by atoms with E-state index in [9.17, 15) is 4.79 Å². The highest BCUT2D eigenvalue weighted by atomic mass is 35.5. The number of hydrogen-bond acceptors (Lipinski definition) is 4. The lowest BCUT2D eigenvalue weighted by atomic mass is 10.0. The molecule has 0 bridgehead atoms. The maximum Gasteiger partial charge on any atom is 0.254 e. The Kier molecular flexibility index (Phi) is 8.26. The van der Waals surface area contributed by atoms with Crippen LogP contribution in [0, 0.1) is 11.3 Å². The molecule has 1 aliphatic heterocycles. The fraction of sp³-hybridized carbons (Fsp3) is 0.364. The van der Waals surface area contributed by atoms with Crippen LogP contribution in [0.1, 0.15) is 35.2 Å². The van der Waals surface area contributed by atoms with Gasteiger partial charge in [-0.05, 0) is 48.7 Å². The van der Waals surface area contributed by atoms with Crippen molar-refractivity contribution in [2.24, 2.45) is 0 Å². The van der Waals surface area contributed by atoms with Gasteiger partial charge in [0, 0.05) is 47.0 Å². The zero-order valence-electron chi connectivity index (χ0n) is 15.9. The third kappa shape index (κ3) is 6.13. The largest absolute Gasteiger partial charge is 0.381 e. The van der Waals surface area contributed by atoms with Crippen LogP contribution in [-0.4, -0.2) is 36.6 Å². The Morgan fingerprint density at radius 2 is 2.00 bits per heavy atom. The Morgan fingerprint density at radius 3 is 2.76 bits per heavy atom. The second-order valence-corrected chi connectivity index (χ2v) is 8.67. The van der Waals surface area contributed by atoms with Crippen molar-refractivity contribution in [1.82, 2.24) is 4.90 Å². The van der Waals surface area contributed by atoms with Crippen LogP contribution >= 0.6 is 35.0 Å². The Balaban J connectivity index is 1.73. The summed E-state index contributed by atoms with van der Waals surface area (Å²) in [6.07, 6.45) is 1.94. The first-order chi connectivity index (χ1) is 14.1. The fourth-order valence-electron chi connectivity index (χ4n) is 3.33. The molecule has 4 nitrogen and oxygen atoms in total. The molecule has 0 aromatic heterocycles. The second kappa shape index (κ2) is 10.9. The number of hydrogen-bond donors (Lipinski definition) is 0. The highest BCUT2D eigenvalue weighted by molar-refractivity contribution is 7.98. The summed E-state index contributed by atoms with van der Waals surface area (Å²) in [7, 11) is 0.